The molecule has 290 valence electrons. The van der Waals surface area contributed by atoms with Crippen molar-refractivity contribution in [2.45, 2.75) is 109 Å². The van der Waals surface area contributed by atoms with Gasteiger partial charge in [-0.25, -0.2) is 4.68 Å². The molecule has 3 heterocycles. The van der Waals surface area contributed by atoms with Gasteiger partial charge in [0, 0.05) is 49.6 Å². The van der Waals surface area contributed by atoms with Crippen molar-refractivity contribution in [3.63, 3.8) is 0 Å². The topological polar surface area (TPSA) is 128 Å². The van der Waals surface area contributed by atoms with E-state index in [1.54, 1.807) is 7.11 Å². The Morgan fingerprint density at radius 2 is 1.62 bits per heavy atom. The molecule has 55 heavy (non-hydrogen) atoms. The maximum atomic E-state index is 14.1. The van der Waals surface area contributed by atoms with Gasteiger partial charge in [-0.05, 0) is 82.6 Å². The number of nitrogens with zero attached hydrogens (tertiary/aromatic N) is 4. The number of carbonyl (C=O) groups is 3. The van der Waals surface area contributed by atoms with Crippen LogP contribution in [0.2, 0.25) is 0 Å². The molecule has 1 aromatic heterocycles. The number of methoxy groups -OCH3 is 1. The van der Waals surface area contributed by atoms with Crippen molar-refractivity contribution in [1.82, 2.24) is 25.6 Å². The number of aromatic nitrogens is 3. The van der Waals surface area contributed by atoms with Crippen LogP contribution in [0.1, 0.15) is 82.9 Å². The molecule has 1 saturated heterocycles. The van der Waals surface area contributed by atoms with E-state index in [1.807, 2.05) is 85.8 Å². The third-order valence-corrected chi connectivity index (χ3v) is 11.3. The van der Waals surface area contributed by atoms with Gasteiger partial charge in [-0.2, -0.15) is 0 Å². The average molecular weight is 747 g/mol. The van der Waals surface area contributed by atoms with Gasteiger partial charge in [0.2, 0.25) is 11.8 Å². The zero-order valence-corrected chi connectivity index (χ0v) is 32.8. The smallest absolute Gasteiger partial charge is 0.227 e. The van der Waals surface area contributed by atoms with Gasteiger partial charge in [-0.3, -0.25) is 14.4 Å². The summed E-state index contributed by atoms with van der Waals surface area (Å²) < 4.78 is 13.4. The first kappa shape index (κ1) is 38.6. The molecule has 3 atom stereocenters. The summed E-state index contributed by atoms with van der Waals surface area (Å²) in [6.07, 6.45) is 4.25. The normalized spacial score (nSPS) is 18.8. The number of ether oxygens (including phenoxy) is 2. The lowest BCUT2D eigenvalue weighted by Gasteiger charge is -2.31. The van der Waals surface area contributed by atoms with Crippen LogP contribution in [0.25, 0.3) is 22.5 Å². The maximum absolute atomic E-state index is 14.1. The number of amides is 2. The molecular formula is C44H54N6O5. The van der Waals surface area contributed by atoms with Crippen LogP contribution in [0, 0.1) is 5.92 Å². The lowest BCUT2D eigenvalue weighted by molar-refractivity contribution is -0.123. The molecule has 4 aromatic rings. The predicted octanol–water partition coefficient (Wildman–Crippen LogP) is 6.27. The maximum Gasteiger partial charge on any atom is 0.227 e. The zero-order chi connectivity index (χ0) is 38.7. The van der Waals surface area contributed by atoms with E-state index in [1.165, 1.54) is 0 Å². The summed E-state index contributed by atoms with van der Waals surface area (Å²) >= 11 is 0. The lowest BCUT2D eigenvalue weighted by Crippen LogP contribution is -2.38. The Labute approximate surface area is 324 Å². The van der Waals surface area contributed by atoms with Gasteiger partial charge in [0.05, 0.1) is 48.3 Å². The Hall–Kier alpha value is -4.71. The van der Waals surface area contributed by atoms with Gasteiger partial charge in [-0.1, -0.05) is 71.9 Å². The first-order valence-electron chi connectivity index (χ1n) is 19.7. The quantitative estimate of drug-likeness (QED) is 0.129. The molecule has 3 aliphatic rings. The largest absolute Gasteiger partial charge is 0.376 e. The second-order valence-electron chi connectivity index (χ2n) is 16.5. The van der Waals surface area contributed by atoms with Gasteiger partial charge in [0.1, 0.15) is 5.69 Å². The fourth-order valence-electron chi connectivity index (χ4n) is 7.58. The number of carbonyl (C=O) groups excluding carboxylic acids is 3. The van der Waals surface area contributed by atoms with Crippen LogP contribution in [0.5, 0.6) is 0 Å². The van der Waals surface area contributed by atoms with Crippen LogP contribution in [-0.2, 0) is 43.4 Å². The van der Waals surface area contributed by atoms with Gasteiger partial charge < -0.3 is 25.0 Å². The molecule has 2 unspecified atom stereocenters. The molecule has 0 bridgehead atoms. The number of Topliss-reactive ketones (excluding diaryl/α,β-unsaturated/α-hetero) is 1. The summed E-state index contributed by atoms with van der Waals surface area (Å²) in [5.74, 6) is 0.561. The number of unbranched alkanes of at least 4 members (excludes halogenated alkanes) is 1. The fraction of sp³-hybridized carbons (Fsp3) is 0.477. The van der Waals surface area contributed by atoms with Gasteiger partial charge >= 0.3 is 0 Å². The molecule has 2 N–H and O–H groups in total. The van der Waals surface area contributed by atoms with Gasteiger partial charge in [0.15, 0.2) is 5.78 Å². The van der Waals surface area contributed by atoms with Gasteiger partial charge in [-0.15, -0.1) is 5.10 Å². The van der Waals surface area contributed by atoms with E-state index in [4.69, 9.17) is 14.6 Å². The van der Waals surface area contributed by atoms with E-state index < -0.39 is 5.60 Å². The van der Waals surface area contributed by atoms with Crippen LogP contribution in [0.4, 0.5) is 5.69 Å². The Kier molecular flexibility index (Phi) is 11.3. The molecule has 11 heteroatoms. The van der Waals surface area contributed by atoms with Crippen molar-refractivity contribution in [2.24, 2.45) is 5.92 Å². The second-order valence-corrected chi connectivity index (χ2v) is 16.5. The first-order valence-corrected chi connectivity index (χ1v) is 19.7. The minimum Gasteiger partial charge on any atom is -0.376 e. The highest BCUT2D eigenvalue weighted by Crippen LogP contribution is 2.42. The molecular weight excluding hydrogens is 693 g/mol. The Bertz CT molecular complexity index is 2020. The van der Waals surface area contributed by atoms with Crippen molar-refractivity contribution in [2.75, 3.05) is 25.2 Å². The minimum atomic E-state index is -0.396. The van der Waals surface area contributed by atoms with E-state index in [0.29, 0.717) is 76.6 Å². The van der Waals surface area contributed by atoms with Crippen molar-refractivity contribution >= 4 is 23.3 Å². The monoisotopic (exact) mass is 746 g/mol. The third kappa shape index (κ3) is 9.06. The molecule has 2 fully saturated rings. The molecule has 2 amide bonds. The van der Waals surface area contributed by atoms with E-state index in [2.05, 4.69) is 40.1 Å². The first-order chi connectivity index (χ1) is 26.4. The third-order valence-electron chi connectivity index (χ3n) is 11.3. The lowest BCUT2D eigenvalue weighted by atomic mass is 9.95. The van der Waals surface area contributed by atoms with E-state index in [0.717, 1.165) is 51.3 Å². The fourth-order valence-corrected chi connectivity index (χ4v) is 7.58. The van der Waals surface area contributed by atoms with E-state index >= 15 is 0 Å². The van der Waals surface area contributed by atoms with Crippen molar-refractivity contribution < 1.29 is 23.9 Å². The molecule has 0 spiro atoms. The number of rotatable bonds is 16. The summed E-state index contributed by atoms with van der Waals surface area (Å²) in [5.41, 5.74) is 6.72. The van der Waals surface area contributed by atoms with Crippen molar-refractivity contribution in [3.8, 4) is 22.5 Å². The molecule has 11 nitrogen and oxygen atoms in total. The zero-order valence-electron chi connectivity index (χ0n) is 32.8. The number of hydrogen-bond donors (Lipinski definition) is 2. The minimum absolute atomic E-state index is 0.00569. The highest BCUT2D eigenvalue weighted by molar-refractivity contribution is 6.00. The van der Waals surface area contributed by atoms with Crippen molar-refractivity contribution in [1.29, 1.82) is 0 Å². The number of para-hydroxylation sites is 1. The average Bonchev–Trinajstić information content (AvgIpc) is 3.73. The SMILES string of the molecule is COC(C)(C)COC(C)(C)CCNC(=O)CCCCC(=O)N1Cc2ccccc2-c2nnn(Cc3ccc(C[C@@H]4NC5CC5C4=O)cc3)c2-c2ccccc21. The number of hydrogen-bond acceptors (Lipinski definition) is 8. The second kappa shape index (κ2) is 16.2. The summed E-state index contributed by atoms with van der Waals surface area (Å²) in [5, 5.41) is 15.9. The summed E-state index contributed by atoms with van der Waals surface area (Å²) in [7, 11) is 1.67. The predicted molar refractivity (Wildman–Crippen MR) is 212 cm³/mol. The summed E-state index contributed by atoms with van der Waals surface area (Å²) in [6.45, 7) is 9.88. The van der Waals surface area contributed by atoms with Crippen LogP contribution in [0.15, 0.2) is 72.8 Å². The van der Waals surface area contributed by atoms with Crippen molar-refractivity contribution in [3.05, 3.63) is 89.5 Å². The Morgan fingerprint density at radius 1 is 0.909 bits per heavy atom. The number of piperidine rings is 1. The summed E-state index contributed by atoms with van der Waals surface area (Å²) in [4.78, 5) is 41.2. The molecule has 7 rings (SSSR count). The standard InChI is InChI=1S/C44H54N6O5/c1-43(2,55-28-44(3,4)54-5)22-23-45-38(51)16-10-11-17-39(52)49-27-31-12-6-7-13-32(31)40-41(33-14-8-9-15-37(33)49)50(48-47-40)26-30-20-18-29(19-21-30)24-36-42(53)34-25-35(34)46-36/h6-9,12-15,18-21,34-36,46H,10-11,16-17,22-28H2,1-5H3,(H,45,51)/t34?,35?,36-/m0/s1. The van der Waals surface area contributed by atoms with E-state index in [9.17, 15) is 14.4 Å². The summed E-state index contributed by atoms with van der Waals surface area (Å²) in [6, 6.07) is 24.8. The van der Waals surface area contributed by atoms with Crippen LogP contribution < -0.4 is 15.5 Å². The highest BCUT2D eigenvalue weighted by atomic mass is 16.5. The van der Waals surface area contributed by atoms with Crippen LogP contribution in [-0.4, -0.2) is 76.1 Å². The molecule has 3 aromatic carbocycles. The van der Waals surface area contributed by atoms with E-state index in [-0.39, 0.29) is 29.4 Å². The Balaban J connectivity index is 1.000. The molecule has 1 saturated carbocycles. The van der Waals surface area contributed by atoms with Crippen LogP contribution >= 0.6 is 0 Å². The molecule has 0 radical (unpaired) electrons. The number of anilines is 1. The number of ketones is 1. The number of nitrogens with one attached hydrogen (secondary N) is 2. The Morgan fingerprint density at radius 3 is 2.36 bits per heavy atom. The number of benzene rings is 3. The van der Waals surface area contributed by atoms with Crippen LogP contribution in [0.3, 0.4) is 0 Å². The molecule has 1 aliphatic carbocycles. The number of fused-ring (bicyclic) bond motifs is 6. The van der Waals surface area contributed by atoms with Gasteiger partial charge in [0.25, 0.3) is 0 Å². The highest BCUT2D eigenvalue weighted by Gasteiger charge is 2.52. The molecule has 2 aliphatic heterocycles.